The van der Waals surface area contributed by atoms with E-state index in [1.165, 1.54) is 0 Å². The molecule has 116 valence electrons. The van der Waals surface area contributed by atoms with Crippen molar-refractivity contribution in [2.45, 2.75) is 19.8 Å². The summed E-state index contributed by atoms with van der Waals surface area (Å²) in [6.07, 6.45) is 2.06. The largest absolute Gasteiger partial charge is 0.339 e. The molecule has 0 unspecified atom stereocenters. The number of carbonyl (C=O) groups excluding carboxylic acids is 2. The molecule has 0 saturated carbocycles. The van der Waals surface area contributed by atoms with E-state index in [2.05, 4.69) is 12.2 Å². The number of anilines is 1. The van der Waals surface area contributed by atoms with E-state index in [4.69, 9.17) is 5.73 Å². The van der Waals surface area contributed by atoms with Crippen LogP contribution in [0.15, 0.2) is 24.3 Å². The van der Waals surface area contributed by atoms with Crippen molar-refractivity contribution in [2.75, 3.05) is 25.0 Å². The van der Waals surface area contributed by atoms with E-state index >= 15 is 0 Å². The van der Waals surface area contributed by atoms with Gasteiger partial charge in [0.25, 0.3) is 5.91 Å². The fraction of sp³-hybridized carbons (Fsp3) is 0.467. The van der Waals surface area contributed by atoms with Crippen molar-refractivity contribution >= 4 is 29.9 Å². The van der Waals surface area contributed by atoms with Crippen molar-refractivity contribution in [3.63, 3.8) is 0 Å². The standard InChI is InChI=1S/C15H21N3O2.ClH/c1-11-6-8-18(9-7-11)15(20)12-4-2-3-5-13(12)17-14(19)10-16;/h2-5,11H,6-10,16H2,1H3,(H,17,19);1H. The van der Waals surface area contributed by atoms with Gasteiger partial charge in [-0.15, -0.1) is 12.4 Å². The number of nitrogens with zero attached hydrogens (tertiary/aromatic N) is 1. The zero-order valence-electron chi connectivity index (χ0n) is 12.2. The van der Waals surface area contributed by atoms with Crippen molar-refractivity contribution in [3.05, 3.63) is 29.8 Å². The summed E-state index contributed by atoms with van der Waals surface area (Å²) in [5.41, 5.74) is 6.36. The van der Waals surface area contributed by atoms with Gasteiger partial charge in [0.1, 0.15) is 0 Å². The Morgan fingerprint density at radius 3 is 2.52 bits per heavy atom. The van der Waals surface area contributed by atoms with Crippen LogP contribution in [-0.4, -0.2) is 36.3 Å². The fourth-order valence-electron chi connectivity index (χ4n) is 2.36. The van der Waals surface area contributed by atoms with Crippen LogP contribution in [0.1, 0.15) is 30.1 Å². The average Bonchev–Trinajstić information content (AvgIpc) is 2.48. The zero-order valence-corrected chi connectivity index (χ0v) is 13.0. The van der Waals surface area contributed by atoms with Gasteiger partial charge in [-0.25, -0.2) is 0 Å². The number of carbonyl (C=O) groups is 2. The molecule has 21 heavy (non-hydrogen) atoms. The fourth-order valence-corrected chi connectivity index (χ4v) is 2.36. The Kier molecular flexibility index (Phi) is 6.65. The third-order valence-corrected chi connectivity index (χ3v) is 3.69. The normalized spacial score (nSPS) is 15.2. The molecule has 2 rings (SSSR count). The topological polar surface area (TPSA) is 75.4 Å². The smallest absolute Gasteiger partial charge is 0.255 e. The highest BCUT2D eigenvalue weighted by atomic mass is 35.5. The van der Waals surface area contributed by atoms with Gasteiger partial charge in [-0.3, -0.25) is 9.59 Å². The number of likely N-dealkylation sites (tertiary alicyclic amines) is 1. The van der Waals surface area contributed by atoms with Crippen LogP contribution in [0.3, 0.4) is 0 Å². The molecule has 0 aromatic heterocycles. The van der Waals surface area contributed by atoms with Gasteiger partial charge in [0.2, 0.25) is 5.91 Å². The van der Waals surface area contributed by atoms with Crippen molar-refractivity contribution in [1.82, 2.24) is 4.90 Å². The monoisotopic (exact) mass is 311 g/mol. The summed E-state index contributed by atoms with van der Waals surface area (Å²) < 4.78 is 0. The first-order chi connectivity index (χ1) is 9.61. The summed E-state index contributed by atoms with van der Waals surface area (Å²) in [4.78, 5) is 25.8. The lowest BCUT2D eigenvalue weighted by atomic mass is 9.98. The summed E-state index contributed by atoms with van der Waals surface area (Å²) in [6.45, 7) is 3.67. The van der Waals surface area contributed by atoms with Crippen LogP contribution in [-0.2, 0) is 4.79 Å². The molecule has 0 spiro atoms. The van der Waals surface area contributed by atoms with Crippen molar-refractivity contribution in [3.8, 4) is 0 Å². The van der Waals surface area contributed by atoms with Crippen molar-refractivity contribution in [2.24, 2.45) is 11.7 Å². The second kappa shape index (κ2) is 8.00. The third-order valence-electron chi connectivity index (χ3n) is 3.69. The molecule has 0 radical (unpaired) electrons. The number of amides is 2. The Hall–Kier alpha value is -1.59. The van der Waals surface area contributed by atoms with Crippen LogP contribution >= 0.6 is 12.4 Å². The summed E-state index contributed by atoms with van der Waals surface area (Å²) in [5, 5.41) is 2.68. The predicted molar refractivity (Wildman–Crippen MR) is 85.7 cm³/mol. The molecular formula is C15H22ClN3O2. The SMILES string of the molecule is CC1CCN(C(=O)c2ccccc2NC(=O)CN)CC1.Cl. The molecule has 0 atom stereocenters. The number of nitrogens with two attached hydrogens (primary N) is 1. The average molecular weight is 312 g/mol. The molecule has 1 aromatic rings. The number of benzene rings is 1. The van der Waals surface area contributed by atoms with Gasteiger partial charge >= 0.3 is 0 Å². The Morgan fingerprint density at radius 1 is 1.29 bits per heavy atom. The van der Waals surface area contributed by atoms with E-state index in [0.717, 1.165) is 25.9 Å². The lowest BCUT2D eigenvalue weighted by Crippen LogP contribution is -2.38. The second-order valence-corrected chi connectivity index (χ2v) is 5.27. The molecule has 1 fully saturated rings. The molecule has 1 saturated heterocycles. The third kappa shape index (κ3) is 4.44. The number of rotatable bonds is 3. The van der Waals surface area contributed by atoms with Crippen LogP contribution in [0.2, 0.25) is 0 Å². The van der Waals surface area contributed by atoms with E-state index in [9.17, 15) is 9.59 Å². The molecule has 1 heterocycles. The van der Waals surface area contributed by atoms with E-state index in [0.29, 0.717) is 17.2 Å². The van der Waals surface area contributed by atoms with Crippen LogP contribution in [0.25, 0.3) is 0 Å². The van der Waals surface area contributed by atoms with Crippen LogP contribution < -0.4 is 11.1 Å². The summed E-state index contributed by atoms with van der Waals surface area (Å²) >= 11 is 0. The highest BCUT2D eigenvalue weighted by Crippen LogP contribution is 2.22. The molecular weight excluding hydrogens is 290 g/mol. The molecule has 0 aliphatic carbocycles. The first-order valence-electron chi connectivity index (χ1n) is 7.00. The minimum absolute atomic E-state index is 0. The highest BCUT2D eigenvalue weighted by molar-refractivity contribution is 6.04. The molecule has 1 aliphatic heterocycles. The van der Waals surface area contributed by atoms with E-state index in [1.807, 2.05) is 4.90 Å². The predicted octanol–water partition coefficient (Wildman–Crippen LogP) is 1.88. The van der Waals surface area contributed by atoms with Crippen LogP contribution in [0, 0.1) is 5.92 Å². The van der Waals surface area contributed by atoms with E-state index in [-0.39, 0.29) is 30.8 Å². The molecule has 5 nitrogen and oxygen atoms in total. The van der Waals surface area contributed by atoms with E-state index < -0.39 is 0 Å². The summed E-state index contributed by atoms with van der Waals surface area (Å²) in [6, 6.07) is 7.07. The second-order valence-electron chi connectivity index (χ2n) is 5.27. The Bertz CT molecular complexity index is 499. The number of para-hydroxylation sites is 1. The minimum atomic E-state index is -0.294. The lowest BCUT2D eigenvalue weighted by molar-refractivity contribution is -0.114. The van der Waals surface area contributed by atoms with Gasteiger partial charge < -0.3 is 16.0 Å². The molecule has 2 amide bonds. The minimum Gasteiger partial charge on any atom is -0.339 e. The van der Waals surface area contributed by atoms with Gasteiger partial charge in [0, 0.05) is 13.1 Å². The Morgan fingerprint density at radius 2 is 1.90 bits per heavy atom. The van der Waals surface area contributed by atoms with Crippen LogP contribution in [0.5, 0.6) is 0 Å². The number of hydrogen-bond donors (Lipinski definition) is 2. The molecule has 1 aromatic carbocycles. The Labute approximate surface area is 131 Å². The highest BCUT2D eigenvalue weighted by Gasteiger charge is 2.23. The molecule has 1 aliphatic rings. The maximum atomic E-state index is 12.5. The maximum Gasteiger partial charge on any atom is 0.255 e. The molecule has 6 heteroatoms. The summed E-state index contributed by atoms with van der Waals surface area (Å²) in [5.74, 6) is 0.355. The van der Waals surface area contributed by atoms with Crippen molar-refractivity contribution in [1.29, 1.82) is 0 Å². The quantitative estimate of drug-likeness (QED) is 0.895. The van der Waals surface area contributed by atoms with Crippen LogP contribution in [0.4, 0.5) is 5.69 Å². The molecule has 0 bridgehead atoms. The van der Waals surface area contributed by atoms with Gasteiger partial charge in [0.15, 0.2) is 0 Å². The number of nitrogens with one attached hydrogen (secondary N) is 1. The van der Waals surface area contributed by atoms with Crippen molar-refractivity contribution < 1.29 is 9.59 Å². The van der Waals surface area contributed by atoms with Gasteiger partial charge in [-0.05, 0) is 30.9 Å². The Balaban J connectivity index is 0.00000220. The first-order valence-corrected chi connectivity index (χ1v) is 7.00. The number of hydrogen-bond acceptors (Lipinski definition) is 3. The number of halogens is 1. The zero-order chi connectivity index (χ0) is 14.5. The van der Waals surface area contributed by atoms with Gasteiger partial charge in [-0.1, -0.05) is 19.1 Å². The molecule has 3 N–H and O–H groups in total. The maximum absolute atomic E-state index is 12.5. The summed E-state index contributed by atoms with van der Waals surface area (Å²) in [7, 11) is 0. The first kappa shape index (κ1) is 17.5. The van der Waals surface area contributed by atoms with Gasteiger partial charge in [0.05, 0.1) is 17.8 Å². The lowest BCUT2D eigenvalue weighted by Gasteiger charge is -2.30. The van der Waals surface area contributed by atoms with Gasteiger partial charge in [-0.2, -0.15) is 0 Å². The van der Waals surface area contributed by atoms with E-state index in [1.54, 1.807) is 24.3 Å². The number of piperidine rings is 1.